The SMILES string of the molecule is COc1ccc(Cc2nnc(SCc3nnc(-c4ccc(C(C)(C)C)cc4)o3)o2)cc1OC. The van der Waals surface area contributed by atoms with Gasteiger partial charge in [0.05, 0.1) is 26.4 Å². The highest BCUT2D eigenvalue weighted by Gasteiger charge is 2.16. The van der Waals surface area contributed by atoms with E-state index >= 15 is 0 Å². The topological polar surface area (TPSA) is 96.3 Å². The molecule has 2 heterocycles. The molecule has 172 valence electrons. The van der Waals surface area contributed by atoms with Crippen molar-refractivity contribution in [3.8, 4) is 23.0 Å². The van der Waals surface area contributed by atoms with Crippen molar-refractivity contribution in [2.75, 3.05) is 14.2 Å². The molecule has 33 heavy (non-hydrogen) atoms. The molecule has 4 rings (SSSR count). The fourth-order valence-corrected chi connectivity index (χ4v) is 3.82. The Morgan fingerprint density at radius 2 is 1.55 bits per heavy atom. The predicted octanol–water partition coefficient (Wildman–Crippen LogP) is 5.32. The Bertz CT molecular complexity index is 1210. The van der Waals surface area contributed by atoms with E-state index in [1.165, 1.54) is 17.3 Å². The highest BCUT2D eigenvalue weighted by atomic mass is 32.2. The number of ether oxygens (including phenoxy) is 2. The van der Waals surface area contributed by atoms with Gasteiger partial charge in [0.1, 0.15) is 0 Å². The molecule has 9 heteroatoms. The van der Waals surface area contributed by atoms with E-state index in [1.54, 1.807) is 14.2 Å². The van der Waals surface area contributed by atoms with Crippen LogP contribution in [0.4, 0.5) is 0 Å². The summed E-state index contributed by atoms with van der Waals surface area (Å²) in [6.07, 6.45) is 0.489. The van der Waals surface area contributed by atoms with Gasteiger partial charge in [-0.2, -0.15) is 0 Å². The zero-order valence-corrected chi connectivity index (χ0v) is 20.1. The monoisotopic (exact) mass is 466 g/mol. The molecule has 0 aliphatic carbocycles. The van der Waals surface area contributed by atoms with Crippen LogP contribution in [-0.4, -0.2) is 34.6 Å². The first-order valence-corrected chi connectivity index (χ1v) is 11.4. The Kier molecular flexibility index (Phi) is 6.69. The average Bonchev–Trinajstić information content (AvgIpc) is 3.46. The predicted molar refractivity (Wildman–Crippen MR) is 125 cm³/mol. The van der Waals surface area contributed by atoms with Crippen LogP contribution in [0.25, 0.3) is 11.5 Å². The molecule has 8 nitrogen and oxygen atoms in total. The molecular weight excluding hydrogens is 440 g/mol. The number of benzene rings is 2. The summed E-state index contributed by atoms with van der Waals surface area (Å²) in [4.78, 5) is 0. The number of hydrogen-bond acceptors (Lipinski definition) is 9. The molecule has 0 spiro atoms. The maximum Gasteiger partial charge on any atom is 0.277 e. The Morgan fingerprint density at radius 3 is 2.24 bits per heavy atom. The standard InChI is InChI=1S/C24H26N4O4S/c1-24(2,3)17-9-7-16(8-10-17)22-27-26-21(31-22)14-33-23-28-25-20(32-23)13-15-6-11-18(29-4)19(12-15)30-5/h6-12H,13-14H2,1-5H3. The number of thioether (sulfide) groups is 1. The third-order valence-corrected chi connectivity index (χ3v) is 5.84. The first kappa shape index (κ1) is 22.8. The summed E-state index contributed by atoms with van der Waals surface area (Å²) >= 11 is 1.35. The summed E-state index contributed by atoms with van der Waals surface area (Å²) in [7, 11) is 3.21. The van der Waals surface area contributed by atoms with Crippen molar-refractivity contribution in [2.45, 2.75) is 43.6 Å². The Balaban J connectivity index is 1.36. The minimum atomic E-state index is 0.0948. The van der Waals surface area contributed by atoms with Crippen molar-refractivity contribution in [3.63, 3.8) is 0 Å². The maximum absolute atomic E-state index is 5.81. The largest absolute Gasteiger partial charge is 0.493 e. The van der Waals surface area contributed by atoms with E-state index in [4.69, 9.17) is 18.3 Å². The van der Waals surface area contributed by atoms with Gasteiger partial charge in [-0.3, -0.25) is 0 Å². The van der Waals surface area contributed by atoms with Crippen LogP contribution >= 0.6 is 11.8 Å². The van der Waals surface area contributed by atoms with Crippen molar-refractivity contribution in [1.29, 1.82) is 0 Å². The van der Waals surface area contributed by atoms with E-state index in [2.05, 4.69) is 53.3 Å². The van der Waals surface area contributed by atoms with E-state index in [0.717, 1.165) is 11.1 Å². The van der Waals surface area contributed by atoms with Crippen molar-refractivity contribution in [1.82, 2.24) is 20.4 Å². The number of aromatic nitrogens is 4. The van der Waals surface area contributed by atoms with Crippen LogP contribution in [0.3, 0.4) is 0 Å². The van der Waals surface area contributed by atoms with Crippen LogP contribution in [0, 0.1) is 0 Å². The maximum atomic E-state index is 5.81. The molecule has 0 radical (unpaired) electrons. The molecule has 2 aromatic heterocycles. The molecule has 2 aromatic carbocycles. The zero-order valence-electron chi connectivity index (χ0n) is 19.3. The summed E-state index contributed by atoms with van der Waals surface area (Å²) < 4.78 is 22.2. The van der Waals surface area contributed by atoms with Gasteiger partial charge in [0, 0.05) is 5.56 Å². The molecule has 0 N–H and O–H groups in total. The summed E-state index contributed by atoms with van der Waals surface area (Å²) in [5, 5.41) is 17.0. The van der Waals surface area contributed by atoms with Gasteiger partial charge in [0.25, 0.3) is 5.22 Å². The van der Waals surface area contributed by atoms with Gasteiger partial charge >= 0.3 is 0 Å². The highest BCUT2D eigenvalue weighted by Crippen LogP contribution is 2.30. The van der Waals surface area contributed by atoms with E-state index in [0.29, 0.717) is 46.6 Å². The van der Waals surface area contributed by atoms with Crippen LogP contribution in [0.15, 0.2) is 56.5 Å². The third kappa shape index (κ3) is 5.54. The van der Waals surface area contributed by atoms with Crippen LogP contribution in [0.2, 0.25) is 0 Å². The molecule has 0 amide bonds. The molecule has 0 bridgehead atoms. The Hall–Kier alpha value is -3.33. The third-order valence-electron chi connectivity index (χ3n) is 5.04. The van der Waals surface area contributed by atoms with Crippen molar-refractivity contribution >= 4 is 11.8 Å². The molecule has 0 saturated heterocycles. The molecule has 0 aliphatic heterocycles. The summed E-state index contributed by atoms with van der Waals surface area (Å²) in [5.41, 5.74) is 3.22. The lowest BCUT2D eigenvalue weighted by Gasteiger charge is -2.18. The van der Waals surface area contributed by atoms with Gasteiger partial charge in [0.2, 0.25) is 17.7 Å². The van der Waals surface area contributed by atoms with Crippen molar-refractivity contribution in [2.24, 2.45) is 0 Å². The minimum absolute atomic E-state index is 0.0948. The normalized spacial score (nSPS) is 11.5. The van der Waals surface area contributed by atoms with Gasteiger partial charge in [-0.15, -0.1) is 20.4 Å². The lowest BCUT2D eigenvalue weighted by molar-refractivity contribution is 0.354. The van der Waals surface area contributed by atoms with Gasteiger partial charge in [0.15, 0.2) is 11.5 Å². The molecule has 0 fully saturated rings. The van der Waals surface area contributed by atoms with Crippen LogP contribution < -0.4 is 9.47 Å². The molecule has 0 atom stereocenters. The lowest BCUT2D eigenvalue weighted by atomic mass is 9.87. The molecule has 4 aromatic rings. The lowest BCUT2D eigenvalue weighted by Crippen LogP contribution is -2.10. The van der Waals surface area contributed by atoms with Crippen LogP contribution in [0.5, 0.6) is 11.5 Å². The fourth-order valence-electron chi connectivity index (χ4n) is 3.20. The second-order valence-electron chi connectivity index (χ2n) is 8.44. The summed E-state index contributed by atoms with van der Waals surface area (Å²) in [6, 6.07) is 13.9. The number of hydrogen-bond donors (Lipinski definition) is 0. The minimum Gasteiger partial charge on any atom is -0.493 e. The van der Waals surface area contributed by atoms with Gasteiger partial charge in [-0.05, 0) is 40.8 Å². The quantitative estimate of drug-likeness (QED) is 0.320. The molecule has 0 unspecified atom stereocenters. The van der Waals surface area contributed by atoms with E-state index < -0.39 is 0 Å². The second kappa shape index (κ2) is 9.66. The van der Waals surface area contributed by atoms with Gasteiger partial charge in [-0.25, -0.2) is 0 Å². The summed E-state index contributed by atoms with van der Waals surface area (Å²) in [6.45, 7) is 6.54. The first-order chi connectivity index (χ1) is 15.9. The fraction of sp³-hybridized carbons (Fsp3) is 0.333. The highest BCUT2D eigenvalue weighted by molar-refractivity contribution is 7.98. The second-order valence-corrected chi connectivity index (χ2v) is 9.37. The first-order valence-electron chi connectivity index (χ1n) is 10.4. The van der Waals surface area contributed by atoms with Crippen molar-refractivity contribution in [3.05, 3.63) is 65.4 Å². The van der Waals surface area contributed by atoms with E-state index in [-0.39, 0.29) is 5.41 Å². The number of methoxy groups -OCH3 is 2. The number of nitrogens with zero attached hydrogens (tertiary/aromatic N) is 4. The zero-order chi connectivity index (χ0) is 23.4. The Labute approximate surface area is 196 Å². The van der Waals surface area contributed by atoms with Gasteiger partial charge < -0.3 is 18.3 Å². The smallest absolute Gasteiger partial charge is 0.277 e. The van der Waals surface area contributed by atoms with E-state index in [9.17, 15) is 0 Å². The molecule has 0 aliphatic rings. The van der Waals surface area contributed by atoms with E-state index in [1.807, 2.05) is 30.3 Å². The van der Waals surface area contributed by atoms with Crippen LogP contribution in [0.1, 0.15) is 43.7 Å². The van der Waals surface area contributed by atoms with Crippen LogP contribution in [-0.2, 0) is 17.6 Å². The molecule has 0 saturated carbocycles. The Morgan fingerprint density at radius 1 is 0.818 bits per heavy atom. The summed E-state index contributed by atoms with van der Waals surface area (Å²) in [5.74, 6) is 3.26. The molecular formula is C24H26N4O4S. The van der Waals surface area contributed by atoms with Crippen molar-refractivity contribution < 1.29 is 18.3 Å². The van der Waals surface area contributed by atoms with Gasteiger partial charge in [-0.1, -0.05) is 50.7 Å². The average molecular weight is 467 g/mol. The number of rotatable bonds is 8.